The van der Waals surface area contributed by atoms with Gasteiger partial charge in [0.1, 0.15) is 47.6 Å². The molecule has 2 saturated heterocycles. The number of H-pyrrole nitrogens is 1. The maximum absolute atomic E-state index is 14.0. The number of methoxy groups -OCH3 is 2. The minimum atomic E-state index is -3.22. The molecule has 0 radical (unpaired) electrons. The van der Waals surface area contributed by atoms with Crippen molar-refractivity contribution in [1.29, 1.82) is 0 Å². The number of aromatic amines is 1. The molecule has 5 heterocycles. The number of hydrogen-bond acceptors (Lipinski definition) is 16. The predicted molar refractivity (Wildman–Crippen MR) is 313 cm³/mol. The van der Waals surface area contributed by atoms with Crippen molar-refractivity contribution >= 4 is 55.5 Å². The Hall–Kier alpha value is -6.39. The molecule has 2 fully saturated rings. The van der Waals surface area contributed by atoms with E-state index in [2.05, 4.69) is 73.3 Å². The second kappa shape index (κ2) is 24.4. The molecule has 0 aliphatic carbocycles. The van der Waals surface area contributed by atoms with Gasteiger partial charge in [-0.25, -0.2) is 9.78 Å². The first-order chi connectivity index (χ1) is 38.2. The first kappa shape index (κ1) is 58.3. The number of fused-ring (bicyclic) bond motifs is 1. The molecule has 22 heteroatoms. The van der Waals surface area contributed by atoms with Crippen LogP contribution >= 0.6 is 6.49 Å². The predicted octanol–water partition coefficient (Wildman–Crippen LogP) is 10.0. The normalized spacial score (nSPS) is 20.4. The van der Waals surface area contributed by atoms with Crippen LogP contribution in [0.15, 0.2) is 137 Å². The smallest absolute Gasteiger partial charge is 0.351 e. The van der Waals surface area contributed by atoms with Gasteiger partial charge in [0, 0.05) is 37.8 Å². The summed E-state index contributed by atoms with van der Waals surface area (Å²) in [6.07, 6.45) is -0.484. The second-order valence-corrected chi connectivity index (χ2v) is 30.8. The van der Waals surface area contributed by atoms with Crippen LogP contribution in [-0.4, -0.2) is 108 Å². The largest absolute Gasteiger partial charge is 0.497 e. The molecule has 4 aromatic carbocycles. The van der Waals surface area contributed by atoms with Crippen LogP contribution in [0.2, 0.25) is 18.1 Å². The Morgan fingerprint density at radius 2 is 1.38 bits per heavy atom. The van der Waals surface area contributed by atoms with Crippen molar-refractivity contribution in [3.63, 3.8) is 0 Å². The summed E-state index contributed by atoms with van der Waals surface area (Å²) in [6, 6.07) is 35.5. The van der Waals surface area contributed by atoms with E-state index in [1.54, 1.807) is 62.1 Å². The third-order valence-electron chi connectivity index (χ3n) is 14.9. The van der Waals surface area contributed by atoms with Gasteiger partial charge in [-0.15, -0.1) is 0 Å². The molecule has 2 aliphatic heterocycles. The van der Waals surface area contributed by atoms with Gasteiger partial charge in [0.2, 0.25) is 5.95 Å². The van der Waals surface area contributed by atoms with Gasteiger partial charge in [-0.1, -0.05) is 107 Å². The van der Waals surface area contributed by atoms with Crippen LogP contribution in [-0.2, 0) is 45.1 Å². The van der Waals surface area contributed by atoms with E-state index in [-0.39, 0.29) is 41.6 Å². The molecule has 7 atom stereocenters. The molecule has 424 valence electrons. The molecule has 1 unspecified atom stereocenters. The maximum Gasteiger partial charge on any atom is 0.351 e. The van der Waals surface area contributed by atoms with E-state index in [4.69, 9.17) is 53.9 Å². The Labute approximate surface area is 472 Å². The summed E-state index contributed by atoms with van der Waals surface area (Å²) in [5.74, 6) is 1.66. The summed E-state index contributed by atoms with van der Waals surface area (Å²) in [5.41, 5.74) is 1.18. The van der Waals surface area contributed by atoms with E-state index in [9.17, 15) is 14.4 Å². The highest BCUT2D eigenvalue weighted by Gasteiger charge is 2.48. The number of aromatic nitrogens is 6. The number of imidazole rings is 1. The molecule has 3 N–H and O–H groups in total. The lowest BCUT2D eigenvalue weighted by atomic mass is 9.80. The maximum atomic E-state index is 14.0. The SMILES string of the molecule is COc1ccc(C(OC[C@H]2O[C@@H](n3ccc(NC(=O)c4ccccc4)nc3=O)C[C@@H]2OP(C)(=S)OC[C@H]2O[C@@H](n3cnc4c(=O)[nH]c(NCC(C)C)nc43)C[C@@H]2O[Si](C)(C)C(C)(C)C)(c2ccccc2)c2ccc(OC)cc2)cc1. The first-order valence-corrected chi connectivity index (χ1v) is 32.7. The molecule has 1 amide bonds. The highest BCUT2D eigenvalue weighted by atomic mass is 32.5. The van der Waals surface area contributed by atoms with Crippen LogP contribution in [0.25, 0.3) is 11.2 Å². The van der Waals surface area contributed by atoms with E-state index in [0.717, 1.165) is 16.7 Å². The lowest BCUT2D eigenvalue weighted by molar-refractivity contribution is -0.0922. The molecule has 7 aromatic rings. The molecule has 0 bridgehead atoms. The zero-order chi connectivity index (χ0) is 57.0. The average molecular weight is 1150 g/mol. The van der Waals surface area contributed by atoms with Gasteiger partial charge in [0.25, 0.3) is 11.5 Å². The zero-order valence-corrected chi connectivity index (χ0v) is 49.5. The fourth-order valence-corrected chi connectivity index (χ4v) is 12.7. The van der Waals surface area contributed by atoms with Crippen LogP contribution in [0.5, 0.6) is 11.5 Å². The first-order valence-electron chi connectivity index (χ1n) is 26.7. The fourth-order valence-electron chi connectivity index (χ4n) is 9.60. The minimum Gasteiger partial charge on any atom is -0.497 e. The van der Waals surface area contributed by atoms with Crippen molar-refractivity contribution in [3.8, 4) is 11.5 Å². The molecule has 19 nitrogen and oxygen atoms in total. The summed E-state index contributed by atoms with van der Waals surface area (Å²) < 4.78 is 56.1. The van der Waals surface area contributed by atoms with E-state index in [1.165, 1.54) is 10.8 Å². The van der Waals surface area contributed by atoms with Crippen molar-refractivity contribution in [1.82, 2.24) is 29.1 Å². The average Bonchev–Trinajstić information content (AvgIpc) is 4.19. The third kappa shape index (κ3) is 13.0. The number of carbonyl (C=O) groups is 1. The van der Waals surface area contributed by atoms with Gasteiger partial charge in [-0.2, -0.15) is 9.97 Å². The lowest BCUT2D eigenvalue weighted by Gasteiger charge is -2.39. The molecular formula is C58H71N8O11PSSi. The van der Waals surface area contributed by atoms with Crippen LogP contribution < -0.4 is 31.4 Å². The van der Waals surface area contributed by atoms with Crippen molar-refractivity contribution in [3.05, 3.63) is 171 Å². The quantitative estimate of drug-likeness (QED) is 0.0327. The summed E-state index contributed by atoms with van der Waals surface area (Å²) in [5, 5.41) is 5.82. The Morgan fingerprint density at radius 3 is 1.96 bits per heavy atom. The number of nitrogens with one attached hydrogen (secondary N) is 3. The number of hydrogen-bond donors (Lipinski definition) is 3. The van der Waals surface area contributed by atoms with Gasteiger partial charge in [-0.05, 0) is 95.0 Å². The Kier molecular flexibility index (Phi) is 17.7. The number of amides is 1. The highest BCUT2D eigenvalue weighted by molar-refractivity contribution is 8.09. The van der Waals surface area contributed by atoms with Gasteiger partial charge < -0.3 is 47.8 Å². The van der Waals surface area contributed by atoms with Gasteiger partial charge in [0.05, 0.1) is 46.0 Å². The zero-order valence-electron chi connectivity index (χ0n) is 46.8. The van der Waals surface area contributed by atoms with Crippen molar-refractivity contribution in [2.45, 2.75) is 108 Å². The fraction of sp³-hybridized carbons (Fsp3) is 0.414. The summed E-state index contributed by atoms with van der Waals surface area (Å²) >= 11 is 6.30. The number of rotatable bonds is 22. The van der Waals surface area contributed by atoms with E-state index < -0.39 is 68.9 Å². The topological polar surface area (TPSA) is 213 Å². The molecule has 9 rings (SSSR count). The molecular weight excluding hydrogens is 1080 g/mol. The van der Waals surface area contributed by atoms with Crippen LogP contribution in [0.3, 0.4) is 0 Å². The van der Waals surface area contributed by atoms with E-state index in [0.29, 0.717) is 47.5 Å². The number of anilines is 2. The lowest BCUT2D eigenvalue weighted by Crippen LogP contribution is -2.46. The molecule has 2 aliphatic rings. The van der Waals surface area contributed by atoms with Crippen molar-refractivity contribution in [2.75, 3.05) is 51.3 Å². The standard InChI is InChI=1S/C58H71N8O11PSSi/c1-37(2)33-59-55-63-52-51(54(68)64-55)60-36-66(52)50-32-45(77-80(9,10)57(3,4)5)47(75-50)35-73-78(8,79)76-44-31-49(65-30-29-48(62-56(65)69)61-53(67)38-17-13-11-14-18-38)74-46(44)34-72-58(39-19-15-12-16-20-39,40-21-25-42(70-6)26-22-40)41-23-27-43(71-7)28-24-41/h11-30,36-37,44-47,49-50H,31-35H2,1-10H3,(H2,59,63,64,68)(H,61,62,67,69)/t44-,45-,46+,47+,49+,50+,78?/m0/s1. The Morgan fingerprint density at radius 1 is 0.800 bits per heavy atom. The number of nitrogens with zero attached hydrogens (tertiary/aromatic N) is 5. The number of benzene rings is 4. The van der Waals surface area contributed by atoms with Crippen molar-refractivity contribution < 1.29 is 42.0 Å². The molecule has 0 spiro atoms. The van der Waals surface area contributed by atoms with Gasteiger partial charge >= 0.3 is 5.69 Å². The molecule has 0 saturated carbocycles. The second-order valence-electron chi connectivity index (χ2n) is 22.0. The number of ether oxygens (including phenoxy) is 5. The third-order valence-corrected chi connectivity index (χ3v) is 21.2. The summed E-state index contributed by atoms with van der Waals surface area (Å²) in [7, 11) is 0.838. The van der Waals surface area contributed by atoms with Crippen molar-refractivity contribution in [2.24, 2.45) is 5.92 Å². The van der Waals surface area contributed by atoms with Crippen LogP contribution in [0.1, 0.15) is 87.0 Å². The summed E-state index contributed by atoms with van der Waals surface area (Å²) in [6.45, 7) is 14.2. The van der Waals surface area contributed by atoms with Gasteiger partial charge in [-0.3, -0.25) is 23.7 Å². The van der Waals surface area contributed by atoms with E-state index in [1.807, 2.05) is 84.9 Å². The van der Waals surface area contributed by atoms with E-state index >= 15 is 0 Å². The summed E-state index contributed by atoms with van der Waals surface area (Å²) in [4.78, 5) is 56.5. The Balaban J connectivity index is 1.02. The Bertz CT molecular complexity index is 3370. The molecule has 80 heavy (non-hydrogen) atoms. The van der Waals surface area contributed by atoms with Crippen LogP contribution in [0, 0.1) is 5.92 Å². The monoisotopic (exact) mass is 1150 g/mol. The van der Waals surface area contributed by atoms with Crippen LogP contribution in [0.4, 0.5) is 11.8 Å². The minimum absolute atomic E-state index is 0.00910. The van der Waals surface area contributed by atoms with Gasteiger partial charge in [0.15, 0.2) is 26.0 Å². The highest BCUT2D eigenvalue weighted by Crippen LogP contribution is 2.51. The molecule has 3 aromatic heterocycles. The number of carbonyl (C=O) groups excluding carboxylic acids is 1.